The van der Waals surface area contributed by atoms with Crippen molar-refractivity contribution in [2.45, 2.75) is 32.1 Å². The highest BCUT2D eigenvalue weighted by molar-refractivity contribution is 5.95. The van der Waals surface area contributed by atoms with Crippen molar-refractivity contribution >= 4 is 22.5 Å². The molecule has 8 nitrogen and oxygen atoms in total. The minimum atomic E-state index is 0.640. The Morgan fingerprint density at radius 3 is 2.38 bits per heavy atom. The topological polar surface area (TPSA) is 76.8 Å². The number of methoxy groups -OCH3 is 2. The number of hydrogen-bond acceptors (Lipinski definition) is 7. The largest absolute Gasteiger partial charge is 0.493 e. The van der Waals surface area contributed by atoms with Gasteiger partial charge in [-0.3, -0.25) is 0 Å². The summed E-state index contributed by atoms with van der Waals surface area (Å²) >= 11 is 0. The van der Waals surface area contributed by atoms with Gasteiger partial charge in [0.15, 0.2) is 23.0 Å². The number of likely N-dealkylation sites (tertiary alicyclic amines) is 1. The molecular formula is C26H32N6O2. The van der Waals surface area contributed by atoms with Gasteiger partial charge in [-0.2, -0.15) is 4.52 Å². The van der Waals surface area contributed by atoms with Crippen LogP contribution in [0.1, 0.15) is 32.1 Å². The molecule has 0 amide bonds. The summed E-state index contributed by atoms with van der Waals surface area (Å²) in [6.45, 7) is 4.34. The van der Waals surface area contributed by atoms with Crippen molar-refractivity contribution in [3.63, 3.8) is 0 Å². The summed E-state index contributed by atoms with van der Waals surface area (Å²) in [5, 5.41) is 9.19. The fourth-order valence-corrected chi connectivity index (χ4v) is 4.62. The van der Waals surface area contributed by atoms with E-state index in [1.165, 1.54) is 38.8 Å². The predicted molar refractivity (Wildman–Crippen MR) is 135 cm³/mol. The Morgan fingerprint density at radius 2 is 1.65 bits per heavy atom. The minimum Gasteiger partial charge on any atom is -0.493 e. The van der Waals surface area contributed by atoms with Crippen LogP contribution in [0.4, 0.5) is 5.95 Å². The number of benzene rings is 2. The van der Waals surface area contributed by atoms with Crippen molar-refractivity contribution in [2.24, 2.45) is 0 Å². The maximum absolute atomic E-state index is 5.53. The van der Waals surface area contributed by atoms with E-state index in [1.807, 2.05) is 47.0 Å². The van der Waals surface area contributed by atoms with Gasteiger partial charge in [-0.05, 0) is 45.0 Å². The van der Waals surface area contributed by atoms with Crippen LogP contribution in [0.5, 0.6) is 11.5 Å². The maximum atomic E-state index is 5.53. The summed E-state index contributed by atoms with van der Waals surface area (Å²) in [6, 6.07) is 13.8. The van der Waals surface area contributed by atoms with E-state index in [-0.39, 0.29) is 0 Å². The normalized spacial score (nSPS) is 14.9. The van der Waals surface area contributed by atoms with E-state index < -0.39 is 0 Å². The van der Waals surface area contributed by atoms with Crippen LogP contribution in [0.15, 0.2) is 42.5 Å². The zero-order chi connectivity index (χ0) is 23.3. The van der Waals surface area contributed by atoms with E-state index in [4.69, 9.17) is 24.5 Å². The molecule has 2 aromatic heterocycles. The second-order valence-electron chi connectivity index (χ2n) is 8.73. The molecule has 0 saturated carbocycles. The van der Waals surface area contributed by atoms with Crippen molar-refractivity contribution in [3.05, 3.63) is 42.5 Å². The van der Waals surface area contributed by atoms with Crippen LogP contribution < -0.4 is 14.8 Å². The third kappa shape index (κ3) is 4.63. The maximum Gasteiger partial charge on any atom is 0.226 e. The molecule has 0 bridgehead atoms. The molecular weight excluding hydrogens is 428 g/mol. The van der Waals surface area contributed by atoms with Crippen LogP contribution >= 0.6 is 0 Å². The Labute approximate surface area is 199 Å². The summed E-state index contributed by atoms with van der Waals surface area (Å²) in [6.07, 6.45) is 6.39. The lowest BCUT2D eigenvalue weighted by Gasteiger charge is -2.19. The fraction of sp³-hybridized carbons (Fsp3) is 0.423. The van der Waals surface area contributed by atoms with Gasteiger partial charge in [-0.1, -0.05) is 43.2 Å². The molecule has 5 rings (SSSR count). The molecule has 0 radical (unpaired) electrons. The minimum absolute atomic E-state index is 0.640. The van der Waals surface area contributed by atoms with Gasteiger partial charge in [0.1, 0.15) is 0 Å². The van der Waals surface area contributed by atoms with E-state index in [9.17, 15) is 0 Å². The SMILES string of the molecule is COc1cc2nc(NCCCN3CCCCCC3)n3nc(-c4ccccc4)nc3c2cc1OC. The van der Waals surface area contributed by atoms with Crippen molar-refractivity contribution < 1.29 is 9.47 Å². The van der Waals surface area contributed by atoms with Crippen molar-refractivity contribution in [1.29, 1.82) is 0 Å². The molecule has 1 fully saturated rings. The number of nitrogens with one attached hydrogen (secondary N) is 1. The van der Waals surface area contributed by atoms with Gasteiger partial charge in [-0.25, -0.2) is 9.97 Å². The zero-order valence-electron chi connectivity index (χ0n) is 20.0. The van der Waals surface area contributed by atoms with Gasteiger partial charge in [0.2, 0.25) is 5.95 Å². The molecule has 1 aliphatic heterocycles. The number of aromatic nitrogens is 4. The van der Waals surface area contributed by atoms with Gasteiger partial charge in [0.25, 0.3) is 0 Å². The molecule has 2 aromatic carbocycles. The van der Waals surface area contributed by atoms with Crippen molar-refractivity contribution in [3.8, 4) is 22.9 Å². The van der Waals surface area contributed by atoms with Gasteiger partial charge in [0.05, 0.1) is 19.7 Å². The van der Waals surface area contributed by atoms with Gasteiger partial charge in [-0.15, -0.1) is 5.10 Å². The molecule has 178 valence electrons. The molecule has 34 heavy (non-hydrogen) atoms. The van der Waals surface area contributed by atoms with E-state index in [0.717, 1.165) is 41.6 Å². The van der Waals surface area contributed by atoms with Gasteiger partial charge >= 0.3 is 0 Å². The second-order valence-corrected chi connectivity index (χ2v) is 8.73. The number of anilines is 1. The zero-order valence-corrected chi connectivity index (χ0v) is 20.0. The van der Waals surface area contributed by atoms with Crippen LogP contribution in [0.2, 0.25) is 0 Å². The number of fused-ring (bicyclic) bond motifs is 3. The van der Waals surface area contributed by atoms with E-state index in [0.29, 0.717) is 23.3 Å². The first-order chi connectivity index (χ1) is 16.8. The first kappa shape index (κ1) is 22.4. The first-order valence-electron chi connectivity index (χ1n) is 12.1. The molecule has 0 spiro atoms. The molecule has 0 aliphatic carbocycles. The average molecular weight is 461 g/mol. The highest BCUT2D eigenvalue weighted by Crippen LogP contribution is 2.34. The van der Waals surface area contributed by atoms with E-state index >= 15 is 0 Å². The molecule has 8 heteroatoms. The Hall–Kier alpha value is -3.39. The van der Waals surface area contributed by atoms with Crippen molar-refractivity contribution in [2.75, 3.05) is 45.7 Å². The number of nitrogens with zero attached hydrogens (tertiary/aromatic N) is 5. The molecule has 0 unspecified atom stereocenters. The number of rotatable bonds is 8. The summed E-state index contributed by atoms with van der Waals surface area (Å²) in [5.74, 6) is 2.63. The molecule has 1 aliphatic rings. The quantitative estimate of drug-likeness (QED) is 0.384. The standard InChI is InChI=1S/C26H32N6O2/c1-33-22-17-20-21(18-23(22)34-2)28-26(27-13-10-16-31-14-8-3-4-9-15-31)32-25(20)29-24(30-32)19-11-6-5-7-12-19/h5-7,11-12,17-18H,3-4,8-10,13-16H2,1-2H3,(H,27,28). The summed E-state index contributed by atoms with van der Waals surface area (Å²) in [5.41, 5.74) is 2.49. The lowest BCUT2D eigenvalue weighted by molar-refractivity contribution is 0.284. The lowest BCUT2D eigenvalue weighted by Crippen LogP contribution is -2.27. The Bertz CT molecular complexity index is 1250. The van der Waals surface area contributed by atoms with Crippen LogP contribution in [0, 0.1) is 0 Å². The van der Waals surface area contributed by atoms with Gasteiger partial charge < -0.3 is 19.7 Å². The summed E-state index contributed by atoms with van der Waals surface area (Å²) in [7, 11) is 3.27. The van der Waals surface area contributed by atoms with Crippen LogP contribution in [-0.2, 0) is 0 Å². The lowest BCUT2D eigenvalue weighted by atomic mass is 10.2. The van der Waals surface area contributed by atoms with Crippen LogP contribution in [0.25, 0.3) is 27.9 Å². The summed E-state index contributed by atoms with van der Waals surface area (Å²) in [4.78, 5) is 12.4. The first-order valence-corrected chi connectivity index (χ1v) is 12.1. The molecule has 1 saturated heterocycles. The third-order valence-corrected chi connectivity index (χ3v) is 6.44. The molecule has 4 aromatic rings. The Kier molecular flexibility index (Phi) is 6.76. The molecule has 3 heterocycles. The monoisotopic (exact) mass is 460 g/mol. The van der Waals surface area contributed by atoms with E-state index in [1.54, 1.807) is 14.2 Å². The van der Waals surface area contributed by atoms with E-state index in [2.05, 4.69) is 10.2 Å². The summed E-state index contributed by atoms with van der Waals surface area (Å²) < 4.78 is 12.9. The average Bonchev–Trinajstić information content (AvgIpc) is 3.17. The number of hydrogen-bond donors (Lipinski definition) is 1. The number of ether oxygens (including phenoxy) is 2. The third-order valence-electron chi connectivity index (χ3n) is 6.44. The Morgan fingerprint density at radius 1 is 0.912 bits per heavy atom. The van der Waals surface area contributed by atoms with Crippen molar-refractivity contribution in [1.82, 2.24) is 24.5 Å². The molecule has 0 atom stereocenters. The fourth-order valence-electron chi connectivity index (χ4n) is 4.62. The second kappa shape index (κ2) is 10.3. The van der Waals surface area contributed by atoms with Crippen LogP contribution in [-0.4, -0.2) is 64.9 Å². The van der Waals surface area contributed by atoms with Gasteiger partial charge in [0, 0.05) is 23.6 Å². The predicted octanol–water partition coefficient (Wildman–Crippen LogP) is 4.64. The van der Waals surface area contributed by atoms with Crippen LogP contribution in [0.3, 0.4) is 0 Å². The molecule has 1 N–H and O–H groups in total. The Balaban J connectivity index is 1.48. The highest BCUT2D eigenvalue weighted by Gasteiger charge is 2.17. The smallest absolute Gasteiger partial charge is 0.226 e. The highest BCUT2D eigenvalue weighted by atomic mass is 16.5.